The number of rotatable bonds is 4. The number of carbonyl (C=O) groups is 1. The molecule has 2 aliphatic heterocycles. The summed E-state index contributed by atoms with van der Waals surface area (Å²) >= 11 is 0. The molecule has 0 aliphatic carbocycles. The summed E-state index contributed by atoms with van der Waals surface area (Å²) in [6.45, 7) is 2.37. The number of sulfonamides is 1. The van der Waals surface area contributed by atoms with Crippen molar-refractivity contribution in [2.75, 3.05) is 19.7 Å². The molecule has 0 N–H and O–H groups in total. The first-order chi connectivity index (χ1) is 13.4. The van der Waals surface area contributed by atoms with E-state index in [1.165, 1.54) is 16.4 Å². The Morgan fingerprint density at radius 2 is 1.89 bits per heavy atom. The number of benzene rings is 2. The first-order valence-electron chi connectivity index (χ1n) is 9.13. The predicted molar refractivity (Wildman–Crippen MR) is 99.1 cm³/mol. The van der Waals surface area contributed by atoms with Crippen LogP contribution in [0.3, 0.4) is 0 Å². The maximum Gasteiger partial charge on any atom is 0.339 e. The SMILES string of the molecule is CCOc1ccc(S(=O)(=O)N2CCC3(CC2)OC(=O)c2ccccc23)cc1F. The van der Waals surface area contributed by atoms with Crippen molar-refractivity contribution < 1.29 is 27.1 Å². The fourth-order valence-electron chi connectivity index (χ4n) is 3.87. The zero-order valence-corrected chi connectivity index (χ0v) is 16.2. The van der Waals surface area contributed by atoms with Crippen LogP contribution in [0.4, 0.5) is 4.39 Å². The zero-order valence-electron chi connectivity index (χ0n) is 15.4. The minimum Gasteiger partial charge on any atom is -0.491 e. The highest BCUT2D eigenvalue weighted by Crippen LogP contribution is 2.44. The fraction of sp³-hybridized carbons (Fsp3) is 0.350. The smallest absolute Gasteiger partial charge is 0.339 e. The third-order valence-corrected chi connectivity index (χ3v) is 7.19. The Labute approximate surface area is 162 Å². The van der Waals surface area contributed by atoms with Gasteiger partial charge in [-0.3, -0.25) is 0 Å². The van der Waals surface area contributed by atoms with Crippen molar-refractivity contribution in [3.63, 3.8) is 0 Å². The second kappa shape index (κ2) is 6.86. The second-order valence-corrected chi connectivity index (χ2v) is 8.80. The number of nitrogens with zero attached hydrogens (tertiary/aromatic N) is 1. The zero-order chi connectivity index (χ0) is 19.9. The Bertz CT molecular complexity index is 1030. The average Bonchev–Trinajstić information content (AvgIpc) is 2.96. The molecule has 28 heavy (non-hydrogen) atoms. The average molecular weight is 405 g/mol. The number of halogens is 1. The van der Waals surface area contributed by atoms with Crippen LogP contribution in [-0.4, -0.2) is 38.4 Å². The van der Waals surface area contributed by atoms with Gasteiger partial charge in [0.1, 0.15) is 5.60 Å². The fourth-order valence-corrected chi connectivity index (χ4v) is 5.32. The van der Waals surface area contributed by atoms with Crippen LogP contribution in [0.1, 0.15) is 35.7 Å². The van der Waals surface area contributed by atoms with Crippen LogP contribution in [0.25, 0.3) is 0 Å². The monoisotopic (exact) mass is 405 g/mol. The third-order valence-electron chi connectivity index (χ3n) is 5.30. The van der Waals surface area contributed by atoms with Crippen LogP contribution in [0.2, 0.25) is 0 Å². The Morgan fingerprint density at radius 3 is 2.57 bits per heavy atom. The summed E-state index contributed by atoms with van der Waals surface area (Å²) in [5, 5.41) is 0. The van der Waals surface area contributed by atoms with Gasteiger partial charge in [0, 0.05) is 31.5 Å². The van der Waals surface area contributed by atoms with Gasteiger partial charge in [-0.05, 0) is 31.2 Å². The molecule has 1 spiro atoms. The molecule has 0 amide bonds. The number of hydrogen-bond donors (Lipinski definition) is 0. The van der Waals surface area contributed by atoms with E-state index in [1.54, 1.807) is 19.1 Å². The molecule has 6 nitrogen and oxygen atoms in total. The lowest BCUT2D eigenvalue weighted by molar-refractivity contribution is -0.0329. The molecule has 0 saturated carbocycles. The number of piperidine rings is 1. The van der Waals surface area contributed by atoms with Crippen LogP contribution < -0.4 is 4.74 Å². The van der Waals surface area contributed by atoms with Crippen molar-refractivity contribution in [3.05, 3.63) is 59.4 Å². The van der Waals surface area contributed by atoms with E-state index < -0.39 is 21.4 Å². The molecular formula is C20H20FNO5S. The summed E-state index contributed by atoms with van der Waals surface area (Å²) in [7, 11) is -3.86. The molecule has 0 radical (unpaired) electrons. The van der Waals surface area contributed by atoms with Crippen LogP contribution in [-0.2, 0) is 20.4 Å². The first-order valence-corrected chi connectivity index (χ1v) is 10.6. The second-order valence-electron chi connectivity index (χ2n) is 6.86. The van der Waals surface area contributed by atoms with Gasteiger partial charge < -0.3 is 9.47 Å². The lowest BCUT2D eigenvalue weighted by Gasteiger charge is -2.37. The molecule has 0 unspecified atom stereocenters. The van der Waals surface area contributed by atoms with Gasteiger partial charge in [0.05, 0.1) is 17.1 Å². The topological polar surface area (TPSA) is 72.9 Å². The molecule has 0 bridgehead atoms. The Morgan fingerprint density at radius 1 is 1.18 bits per heavy atom. The molecular weight excluding hydrogens is 385 g/mol. The number of hydrogen-bond acceptors (Lipinski definition) is 5. The van der Waals surface area contributed by atoms with E-state index in [-0.39, 0.29) is 36.3 Å². The Kier molecular flexibility index (Phi) is 4.63. The molecule has 4 rings (SSSR count). The summed E-state index contributed by atoms with van der Waals surface area (Å²) in [4.78, 5) is 12.0. The van der Waals surface area contributed by atoms with Crippen LogP contribution >= 0.6 is 0 Å². The minimum atomic E-state index is -3.86. The van der Waals surface area contributed by atoms with Gasteiger partial charge in [-0.2, -0.15) is 4.31 Å². The summed E-state index contributed by atoms with van der Waals surface area (Å²) in [6.07, 6.45) is 0.711. The number of fused-ring (bicyclic) bond motifs is 2. The summed E-state index contributed by atoms with van der Waals surface area (Å²) in [5.41, 5.74) is 0.556. The van der Waals surface area contributed by atoms with E-state index in [2.05, 4.69) is 0 Å². The van der Waals surface area contributed by atoms with Crippen molar-refractivity contribution in [3.8, 4) is 5.75 Å². The van der Waals surface area contributed by atoms with Gasteiger partial charge >= 0.3 is 5.97 Å². The molecule has 148 valence electrons. The van der Waals surface area contributed by atoms with E-state index in [0.717, 1.165) is 11.6 Å². The third kappa shape index (κ3) is 2.97. The van der Waals surface area contributed by atoms with Gasteiger partial charge in [0.2, 0.25) is 10.0 Å². The Balaban J connectivity index is 1.56. The van der Waals surface area contributed by atoms with E-state index in [4.69, 9.17) is 9.47 Å². The van der Waals surface area contributed by atoms with Crippen molar-refractivity contribution in [2.45, 2.75) is 30.3 Å². The van der Waals surface area contributed by atoms with Gasteiger partial charge in [0.15, 0.2) is 11.6 Å². The molecule has 2 aromatic rings. The molecule has 2 aromatic carbocycles. The van der Waals surface area contributed by atoms with Crippen LogP contribution in [0.5, 0.6) is 5.75 Å². The summed E-state index contributed by atoms with van der Waals surface area (Å²) in [6, 6.07) is 10.8. The molecule has 2 heterocycles. The van der Waals surface area contributed by atoms with E-state index in [1.807, 2.05) is 12.1 Å². The van der Waals surface area contributed by atoms with Gasteiger partial charge in [-0.25, -0.2) is 17.6 Å². The van der Waals surface area contributed by atoms with Gasteiger partial charge in [0.25, 0.3) is 0 Å². The van der Waals surface area contributed by atoms with Crippen molar-refractivity contribution >= 4 is 16.0 Å². The highest BCUT2D eigenvalue weighted by molar-refractivity contribution is 7.89. The summed E-state index contributed by atoms with van der Waals surface area (Å²) in [5.74, 6) is -1.07. The number of esters is 1. The molecule has 1 saturated heterocycles. The predicted octanol–water partition coefficient (Wildman–Crippen LogP) is 3.07. The molecule has 2 aliphatic rings. The van der Waals surface area contributed by atoms with Crippen molar-refractivity contribution in [2.24, 2.45) is 0 Å². The van der Waals surface area contributed by atoms with Crippen LogP contribution in [0.15, 0.2) is 47.4 Å². The van der Waals surface area contributed by atoms with E-state index in [9.17, 15) is 17.6 Å². The highest BCUT2D eigenvalue weighted by Gasteiger charge is 2.48. The number of ether oxygens (including phenoxy) is 2. The summed E-state index contributed by atoms with van der Waals surface area (Å²) < 4.78 is 52.1. The van der Waals surface area contributed by atoms with Crippen LogP contribution in [0, 0.1) is 5.82 Å². The van der Waals surface area contributed by atoms with Crippen molar-refractivity contribution in [1.29, 1.82) is 0 Å². The quantitative estimate of drug-likeness (QED) is 0.731. The number of carbonyl (C=O) groups excluding carboxylic acids is 1. The van der Waals surface area contributed by atoms with Gasteiger partial charge in [-0.15, -0.1) is 0 Å². The maximum atomic E-state index is 14.1. The van der Waals surface area contributed by atoms with Crippen molar-refractivity contribution in [1.82, 2.24) is 4.31 Å². The molecule has 0 atom stereocenters. The lowest BCUT2D eigenvalue weighted by Crippen LogP contribution is -2.45. The lowest BCUT2D eigenvalue weighted by atomic mass is 9.84. The maximum absolute atomic E-state index is 14.1. The van der Waals surface area contributed by atoms with E-state index >= 15 is 0 Å². The molecule has 0 aromatic heterocycles. The van der Waals surface area contributed by atoms with E-state index in [0.29, 0.717) is 18.4 Å². The van der Waals surface area contributed by atoms with Gasteiger partial charge in [-0.1, -0.05) is 18.2 Å². The minimum absolute atomic E-state index is 0.0218. The standard InChI is InChI=1S/C20H20FNO5S/c1-2-26-18-8-7-14(13-17(18)21)28(24,25)22-11-9-20(10-12-22)16-6-4-3-5-15(16)19(23)27-20/h3-8,13H,2,9-12H2,1H3. The highest BCUT2D eigenvalue weighted by atomic mass is 32.2. The molecule has 1 fully saturated rings. The largest absolute Gasteiger partial charge is 0.491 e. The normalized spacial score (nSPS) is 18.7. The first kappa shape index (κ1) is 18.9. The molecule has 8 heteroatoms. The Hall–Kier alpha value is -2.45.